The van der Waals surface area contributed by atoms with Gasteiger partial charge < -0.3 is 4.90 Å². The van der Waals surface area contributed by atoms with Gasteiger partial charge in [-0.1, -0.05) is 18.2 Å². The van der Waals surface area contributed by atoms with Crippen molar-refractivity contribution < 1.29 is 0 Å². The third-order valence-corrected chi connectivity index (χ3v) is 3.91. The number of hydrogen-bond acceptors (Lipinski definition) is 2. The zero-order chi connectivity index (χ0) is 11.7. The van der Waals surface area contributed by atoms with E-state index >= 15 is 0 Å². The van der Waals surface area contributed by atoms with Crippen LogP contribution in [0.1, 0.15) is 6.42 Å². The van der Waals surface area contributed by atoms with Crippen LogP contribution in [0.25, 0.3) is 10.9 Å². The maximum absolute atomic E-state index is 5.94. The molecule has 1 saturated heterocycles. The number of hydrogen-bond donors (Lipinski definition) is 0. The summed E-state index contributed by atoms with van der Waals surface area (Å²) in [6.07, 6.45) is 3.09. The third-order valence-electron chi connectivity index (χ3n) is 3.47. The minimum Gasteiger partial charge on any atom is -0.371 e. The summed E-state index contributed by atoms with van der Waals surface area (Å²) in [5.41, 5.74) is 2.36. The Morgan fingerprint density at radius 1 is 1.29 bits per heavy atom. The molecule has 17 heavy (non-hydrogen) atoms. The molecule has 0 spiro atoms. The van der Waals surface area contributed by atoms with Gasteiger partial charge >= 0.3 is 0 Å². The Kier molecular flexibility index (Phi) is 2.89. The van der Waals surface area contributed by atoms with E-state index in [1.54, 1.807) is 0 Å². The number of anilines is 1. The molecule has 1 aliphatic rings. The van der Waals surface area contributed by atoms with Crippen LogP contribution in [0.5, 0.6) is 0 Å². The number of nitrogens with zero attached hydrogens (tertiary/aromatic N) is 2. The fourth-order valence-electron chi connectivity index (χ4n) is 2.53. The highest BCUT2D eigenvalue weighted by Crippen LogP contribution is 2.29. The molecular weight excluding hydrogens is 232 g/mol. The second-order valence-corrected chi connectivity index (χ2v) is 4.91. The molecule has 0 amide bonds. The van der Waals surface area contributed by atoms with Crippen molar-refractivity contribution in [3.05, 3.63) is 36.5 Å². The first-order valence-electron chi connectivity index (χ1n) is 6.03. The van der Waals surface area contributed by atoms with Gasteiger partial charge in [-0.15, -0.1) is 11.6 Å². The summed E-state index contributed by atoms with van der Waals surface area (Å²) in [4.78, 5) is 6.83. The highest BCUT2D eigenvalue weighted by atomic mass is 35.5. The predicted octanol–water partition coefficient (Wildman–Crippen LogP) is 3.30. The number of rotatable bonds is 2. The molecule has 3 heteroatoms. The Bertz CT molecular complexity index is 521. The van der Waals surface area contributed by atoms with Crippen molar-refractivity contribution in [3.63, 3.8) is 0 Å². The van der Waals surface area contributed by atoms with Crippen LogP contribution in [-0.2, 0) is 0 Å². The molecule has 2 aromatic rings. The van der Waals surface area contributed by atoms with Crippen LogP contribution in [0.4, 0.5) is 5.69 Å². The van der Waals surface area contributed by atoms with Gasteiger partial charge in [0, 0.05) is 36.2 Å². The molecule has 2 nitrogen and oxygen atoms in total. The van der Waals surface area contributed by atoms with Crippen LogP contribution < -0.4 is 4.90 Å². The van der Waals surface area contributed by atoms with E-state index in [1.165, 1.54) is 17.5 Å². The molecule has 0 aliphatic carbocycles. The number of alkyl halides is 1. The Morgan fingerprint density at radius 3 is 3.00 bits per heavy atom. The third kappa shape index (κ3) is 1.98. The van der Waals surface area contributed by atoms with Gasteiger partial charge in [0.2, 0.25) is 0 Å². The largest absolute Gasteiger partial charge is 0.371 e. The van der Waals surface area contributed by atoms with Crippen molar-refractivity contribution in [1.29, 1.82) is 0 Å². The van der Waals surface area contributed by atoms with Crippen LogP contribution in [0.3, 0.4) is 0 Å². The summed E-state index contributed by atoms with van der Waals surface area (Å²) >= 11 is 5.94. The zero-order valence-electron chi connectivity index (χ0n) is 9.64. The molecule has 3 rings (SSSR count). The van der Waals surface area contributed by atoms with Crippen LogP contribution >= 0.6 is 11.6 Å². The standard InChI is InChI=1S/C14H15ClN2/c15-9-11-6-8-17(10-11)14-5-7-16-13-4-2-1-3-12(13)14/h1-5,7,11H,6,8-10H2. The summed E-state index contributed by atoms with van der Waals surface area (Å²) in [5, 5.41) is 1.24. The van der Waals surface area contributed by atoms with E-state index in [2.05, 4.69) is 34.1 Å². The molecule has 1 unspecified atom stereocenters. The lowest BCUT2D eigenvalue weighted by Gasteiger charge is -2.20. The molecule has 1 aliphatic heterocycles. The molecule has 1 atom stereocenters. The molecule has 1 aromatic carbocycles. The molecule has 0 N–H and O–H groups in total. The highest BCUT2D eigenvalue weighted by Gasteiger charge is 2.22. The number of aromatic nitrogens is 1. The van der Waals surface area contributed by atoms with Gasteiger partial charge in [-0.2, -0.15) is 0 Å². The number of pyridine rings is 1. The monoisotopic (exact) mass is 246 g/mol. The molecular formula is C14H15ClN2. The minimum atomic E-state index is 0.628. The van der Waals surface area contributed by atoms with E-state index in [4.69, 9.17) is 11.6 Å². The van der Waals surface area contributed by atoms with E-state index < -0.39 is 0 Å². The Labute approximate surface area is 106 Å². The van der Waals surface area contributed by atoms with E-state index in [0.29, 0.717) is 5.92 Å². The quantitative estimate of drug-likeness (QED) is 0.756. The van der Waals surface area contributed by atoms with Gasteiger partial charge in [-0.25, -0.2) is 0 Å². The minimum absolute atomic E-state index is 0.628. The van der Waals surface area contributed by atoms with Gasteiger partial charge in [0.15, 0.2) is 0 Å². The first-order chi connectivity index (χ1) is 8.38. The predicted molar refractivity (Wildman–Crippen MR) is 72.8 cm³/mol. The lowest BCUT2D eigenvalue weighted by Crippen LogP contribution is -2.20. The Balaban J connectivity index is 2.00. The van der Waals surface area contributed by atoms with Crippen LogP contribution in [0.2, 0.25) is 0 Å². The summed E-state index contributed by atoms with van der Waals surface area (Å²) < 4.78 is 0. The van der Waals surface area contributed by atoms with E-state index in [1.807, 2.05) is 12.3 Å². The van der Waals surface area contributed by atoms with Crippen LogP contribution in [0.15, 0.2) is 36.5 Å². The molecule has 0 radical (unpaired) electrons. The Hall–Kier alpha value is -1.28. The maximum Gasteiger partial charge on any atom is 0.0722 e. The van der Waals surface area contributed by atoms with Crippen molar-refractivity contribution in [1.82, 2.24) is 4.98 Å². The number of fused-ring (bicyclic) bond motifs is 1. The van der Waals surface area contributed by atoms with Crippen molar-refractivity contribution >= 4 is 28.2 Å². The summed E-state index contributed by atoms with van der Waals surface area (Å²) in [6.45, 7) is 2.17. The number of benzene rings is 1. The SMILES string of the molecule is ClCC1CCN(c2ccnc3ccccc23)C1. The summed E-state index contributed by atoms with van der Waals surface area (Å²) in [7, 11) is 0. The lowest BCUT2D eigenvalue weighted by molar-refractivity contribution is 0.667. The number of halogens is 1. The fourth-order valence-corrected chi connectivity index (χ4v) is 2.79. The lowest BCUT2D eigenvalue weighted by atomic mass is 10.1. The van der Waals surface area contributed by atoms with Crippen molar-refractivity contribution in [2.75, 3.05) is 23.9 Å². The van der Waals surface area contributed by atoms with Crippen molar-refractivity contribution in [2.45, 2.75) is 6.42 Å². The maximum atomic E-state index is 5.94. The molecule has 2 heterocycles. The summed E-state index contributed by atoms with van der Waals surface area (Å²) in [6, 6.07) is 10.4. The molecule has 0 bridgehead atoms. The highest BCUT2D eigenvalue weighted by molar-refractivity contribution is 6.18. The second kappa shape index (κ2) is 4.53. The smallest absolute Gasteiger partial charge is 0.0722 e. The van der Waals surface area contributed by atoms with Crippen LogP contribution in [-0.4, -0.2) is 24.0 Å². The van der Waals surface area contributed by atoms with Gasteiger partial charge in [-0.3, -0.25) is 4.98 Å². The van der Waals surface area contributed by atoms with E-state index in [9.17, 15) is 0 Å². The first-order valence-corrected chi connectivity index (χ1v) is 6.56. The fraction of sp³-hybridized carbons (Fsp3) is 0.357. The zero-order valence-corrected chi connectivity index (χ0v) is 10.4. The van der Waals surface area contributed by atoms with Gasteiger partial charge in [-0.05, 0) is 24.5 Å². The average Bonchev–Trinajstić information content (AvgIpc) is 2.87. The van der Waals surface area contributed by atoms with Crippen molar-refractivity contribution in [2.24, 2.45) is 5.92 Å². The van der Waals surface area contributed by atoms with E-state index in [-0.39, 0.29) is 0 Å². The van der Waals surface area contributed by atoms with Gasteiger partial charge in [0.1, 0.15) is 0 Å². The van der Waals surface area contributed by atoms with Gasteiger partial charge in [0.05, 0.1) is 5.52 Å². The molecule has 0 saturated carbocycles. The Morgan fingerprint density at radius 2 is 2.18 bits per heavy atom. The second-order valence-electron chi connectivity index (χ2n) is 4.60. The van der Waals surface area contributed by atoms with Crippen molar-refractivity contribution in [3.8, 4) is 0 Å². The van der Waals surface area contributed by atoms with Gasteiger partial charge in [0.25, 0.3) is 0 Å². The number of para-hydroxylation sites is 1. The first kappa shape index (κ1) is 10.8. The average molecular weight is 247 g/mol. The molecule has 1 aromatic heterocycles. The molecule has 1 fully saturated rings. The normalized spacial score (nSPS) is 20.1. The molecule has 88 valence electrons. The van der Waals surface area contributed by atoms with Crippen LogP contribution in [0, 0.1) is 5.92 Å². The summed E-state index contributed by atoms with van der Waals surface area (Å²) in [5.74, 6) is 1.39. The topological polar surface area (TPSA) is 16.1 Å². The van der Waals surface area contributed by atoms with E-state index in [0.717, 1.165) is 24.5 Å².